The van der Waals surface area contributed by atoms with Gasteiger partial charge >= 0.3 is 6.09 Å². The van der Waals surface area contributed by atoms with Gasteiger partial charge in [-0.25, -0.2) is 9.78 Å². The van der Waals surface area contributed by atoms with E-state index in [0.717, 1.165) is 36.1 Å². The molecule has 25 heavy (non-hydrogen) atoms. The molecule has 1 aromatic heterocycles. The Bertz CT molecular complexity index is 617. The van der Waals surface area contributed by atoms with Crippen molar-refractivity contribution in [2.75, 3.05) is 26.9 Å². The van der Waals surface area contributed by atoms with Crippen molar-refractivity contribution in [3.63, 3.8) is 0 Å². The first-order valence-electron chi connectivity index (χ1n) is 8.53. The van der Waals surface area contributed by atoms with Crippen LogP contribution < -0.4 is 5.32 Å². The third-order valence-electron chi connectivity index (χ3n) is 4.88. The zero-order valence-corrected chi connectivity index (χ0v) is 15.8. The van der Waals surface area contributed by atoms with Gasteiger partial charge in [-0.3, -0.25) is 4.79 Å². The van der Waals surface area contributed by atoms with E-state index >= 15 is 0 Å². The van der Waals surface area contributed by atoms with Crippen LogP contribution in [0.3, 0.4) is 0 Å². The molecule has 9 heteroatoms. The molecule has 0 aliphatic carbocycles. The average Bonchev–Trinajstić information content (AvgIpc) is 3.28. The quantitative estimate of drug-likeness (QED) is 0.784. The van der Waals surface area contributed by atoms with Crippen molar-refractivity contribution in [1.82, 2.24) is 20.2 Å². The van der Waals surface area contributed by atoms with Crippen LogP contribution in [0.2, 0.25) is 0 Å². The number of rotatable bonds is 4. The summed E-state index contributed by atoms with van der Waals surface area (Å²) in [5.41, 5.74) is 0. The number of aromatic amines is 1. The summed E-state index contributed by atoms with van der Waals surface area (Å²) >= 11 is 3.36. The molecule has 0 aromatic carbocycles. The van der Waals surface area contributed by atoms with E-state index in [4.69, 9.17) is 9.47 Å². The molecule has 2 saturated heterocycles. The number of ether oxygens (including phenoxy) is 2. The molecule has 0 spiro atoms. The number of nitrogens with one attached hydrogen (secondary N) is 2. The number of imidazole rings is 1. The van der Waals surface area contributed by atoms with Crippen LogP contribution >= 0.6 is 15.9 Å². The van der Waals surface area contributed by atoms with Crippen molar-refractivity contribution < 1.29 is 19.1 Å². The number of amides is 2. The summed E-state index contributed by atoms with van der Waals surface area (Å²) in [6.07, 6.45) is 4.36. The molecule has 0 radical (unpaired) electrons. The molecule has 2 amide bonds. The number of hydrogen-bond donors (Lipinski definition) is 2. The molecular weight excluding hydrogens is 392 g/mol. The number of carbonyl (C=O) groups excluding carboxylic acids is 2. The number of H-pyrrole nitrogens is 1. The topological polar surface area (TPSA) is 96.5 Å². The van der Waals surface area contributed by atoms with Crippen LogP contribution in [-0.2, 0) is 14.3 Å². The van der Waals surface area contributed by atoms with Gasteiger partial charge in [0.05, 0.1) is 19.3 Å². The minimum Gasteiger partial charge on any atom is -0.453 e. The van der Waals surface area contributed by atoms with E-state index in [1.54, 1.807) is 6.20 Å². The lowest BCUT2D eigenvalue weighted by Gasteiger charge is -2.34. The van der Waals surface area contributed by atoms with Crippen LogP contribution in [0.25, 0.3) is 0 Å². The Morgan fingerprint density at radius 2 is 2.20 bits per heavy atom. The molecule has 1 aromatic rings. The first-order valence-corrected chi connectivity index (χ1v) is 9.32. The van der Waals surface area contributed by atoms with E-state index in [9.17, 15) is 9.59 Å². The summed E-state index contributed by atoms with van der Waals surface area (Å²) in [5, 5.41) is 2.74. The predicted octanol–water partition coefficient (Wildman–Crippen LogP) is 1.99. The van der Waals surface area contributed by atoms with Crippen LogP contribution in [0.15, 0.2) is 10.8 Å². The van der Waals surface area contributed by atoms with Gasteiger partial charge in [-0.05, 0) is 47.5 Å². The number of alkyl carbamates (subject to hydrolysis) is 1. The largest absolute Gasteiger partial charge is 0.453 e. The number of carbonyl (C=O) groups is 2. The van der Waals surface area contributed by atoms with Crippen molar-refractivity contribution in [3.8, 4) is 0 Å². The summed E-state index contributed by atoms with van der Waals surface area (Å²) in [6.45, 7) is 1.86. The molecule has 0 saturated carbocycles. The summed E-state index contributed by atoms with van der Waals surface area (Å²) in [6, 6.07) is -0.698. The van der Waals surface area contributed by atoms with Crippen LogP contribution in [-0.4, -0.2) is 59.8 Å². The maximum atomic E-state index is 13.2. The van der Waals surface area contributed by atoms with Crippen molar-refractivity contribution in [2.45, 2.75) is 37.8 Å². The summed E-state index contributed by atoms with van der Waals surface area (Å²) < 4.78 is 10.9. The molecule has 0 unspecified atom stereocenters. The van der Waals surface area contributed by atoms with E-state index < -0.39 is 12.1 Å². The molecule has 3 heterocycles. The zero-order valence-electron chi connectivity index (χ0n) is 14.2. The van der Waals surface area contributed by atoms with Gasteiger partial charge in [0, 0.05) is 19.8 Å². The molecule has 138 valence electrons. The molecule has 2 aliphatic heterocycles. The molecule has 0 bridgehead atoms. The molecule has 2 aliphatic rings. The first-order chi connectivity index (χ1) is 12.1. The minimum atomic E-state index is -0.602. The number of halogens is 1. The number of likely N-dealkylation sites (tertiary alicyclic amines) is 1. The van der Waals surface area contributed by atoms with Gasteiger partial charge in [-0.1, -0.05) is 0 Å². The Labute approximate surface area is 154 Å². The maximum absolute atomic E-state index is 13.2. The monoisotopic (exact) mass is 414 g/mol. The van der Waals surface area contributed by atoms with E-state index in [1.807, 2.05) is 4.90 Å². The van der Waals surface area contributed by atoms with E-state index in [2.05, 4.69) is 31.2 Å². The molecule has 2 atom stereocenters. The summed E-state index contributed by atoms with van der Waals surface area (Å²) in [5.74, 6) is 0.735. The Morgan fingerprint density at radius 1 is 1.44 bits per heavy atom. The molecule has 8 nitrogen and oxygen atoms in total. The SMILES string of the molecule is COC(=O)N[C@H](C(=O)N1CCC[C@H]1c1ncc(Br)[nH]1)C1CCOCC1. The molecule has 2 N–H and O–H groups in total. The normalized spacial score (nSPS) is 22.6. The number of nitrogens with zero attached hydrogens (tertiary/aromatic N) is 2. The Balaban J connectivity index is 1.78. The maximum Gasteiger partial charge on any atom is 0.407 e. The van der Waals surface area contributed by atoms with Crippen molar-refractivity contribution in [3.05, 3.63) is 16.6 Å². The fourth-order valence-corrected chi connectivity index (χ4v) is 3.90. The van der Waals surface area contributed by atoms with Crippen LogP contribution in [0.4, 0.5) is 4.79 Å². The van der Waals surface area contributed by atoms with Crippen LogP contribution in [0, 0.1) is 5.92 Å². The number of aromatic nitrogens is 2. The number of methoxy groups -OCH3 is 1. The van der Waals surface area contributed by atoms with E-state index in [1.165, 1.54) is 7.11 Å². The zero-order chi connectivity index (χ0) is 17.8. The fourth-order valence-electron chi connectivity index (χ4n) is 3.59. The molecular formula is C16H23BrN4O4. The Hall–Kier alpha value is -1.61. The third-order valence-corrected chi connectivity index (χ3v) is 5.28. The summed E-state index contributed by atoms with van der Waals surface area (Å²) in [4.78, 5) is 34.4. The first kappa shape index (κ1) is 18.2. The van der Waals surface area contributed by atoms with Gasteiger partial charge in [0.1, 0.15) is 16.5 Å². The fraction of sp³-hybridized carbons (Fsp3) is 0.688. The van der Waals surface area contributed by atoms with Gasteiger partial charge in [-0.15, -0.1) is 0 Å². The molecule has 2 fully saturated rings. The second kappa shape index (κ2) is 8.18. The summed E-state index contributed by atoms with van der Waals surface area (Å²) in [7, 11) is 1.31. The van der Waals surface area contributed by atoms with Crippen molar-refractivity contribution in [2.24, 2.45) is 5.92 Å². The van der Waals surface area contributed by atoms with E-state index in [0.29, 0.717) is 19.8 Å². The second-order valence-corrected chi connectivity index (χ2v) is 7.22. The lowest BCUT2D eigenvalue weighted by Crippen LogP contribution is -2.53. The lowest BCUT2D eigenvalue weighted by molar-refractivity contribution is -0.136. The van der Waals surface area contributed by atoms with Gasteiger partial charge in [0.25, 0.3) is 0 Å². The highest BCUT2D eigenvalue weighted by molar-refractivity contribution is 9.10. The Morgan fingerprint density at radius 3 is 2.84 bits per heavy atom. The Kier molecular flexibility index (Phi) is 5.95. The van der Waals surface area contributed by atoms with Gasteiger partial charge in [0.2, 0.25) is 5.91 Å². The van der Waals surface area contributed by atoms with Crippen molar-refractivity contribution in [1.29, 1.82) is 0 Å². The van der Waals surface area contributed by atoms with E-state index in [-0.39, 0.29) is 17.9 Å². The van der Waals surface area contributed by atoms with Crippen LogP contribution in [0.1, 0.15) is 37.5 Å². The second-order valence-electron chi connectivity index (χ2n) is 6.37. The smallest absolute Gasteiger partial charge is 0.407 e. The van der Waals surface area contributed by atoms with Gasteiger partial charge in [0.15, 0.2) is 0 Å². The van der Waals surface area contributed by atoms with Gasteiger partial charge < -0.3 is 24.7 Å². The highest BCUT2D eigenvalue weighted by atomic mass is 79.9. The standard InChI is InChI=1S/C16H23BrN4O4/c1-24-16(23)20-13(10-4-7-25-8-5-10)15(22)21-6-2-3-11(21)14-18-9-12(17)19-14/h9-11,13H,2-8H2,1H3,(H,18,19)(H,20,23)/t11-,13-/m0/s1. The average molecular weight is 415 g/mol. The van der Waals surface area contributed by atoms with Crippen molar-refractivity contribution >= 4 is 27.9 Å². The predicted molar refractivity (Wildman–Crippen MR) is 92.8 cm³/mol. The number of hydrogen-bond acceptors (Lipinski definition) is 5. The van der Waals surface area contributed by atoms with Crippen LogP contribution in [0.5, 0.6) is 0 Å². The highest BCUT2D eigenvalue weighted by Crippen LogP contribution is 2.33. The third kappa shape index (κ3) is 4.14. The highest BCUT2D eigenvalue weighted by Gasteiger charge is 2.39. The minimum absolute atomic E-state index is 0.0462. The van der Waals surface area contributed by atoms with Gasteiger partial charge in [-0.2, -0.15) is 0 Å². The lowest BCUT2D eigenvalue weighted by atomic mass is 9.90. The molecule has 3 rings (SSSR count).